The molecule has 0 radical (unpaired) electrons. The van der Waals surface area contributed by atoms with Crippen molar-refractivity contribution in [2.45, 2.75) is 102 Å². The van der Waals surface area contributed by atoms with Gasteiger partial charge in [0.05, 0.1) is 45.7 Å². The molecule has 1 saturated carbocycles. The molecular formula is C30H41N5O2SSi. The van der Waals surface area contributed by atoms with Gasteiger partial charge in [-0.3, -0.25) is 4.79 Å². The van der Waals surface area contributed by atoms with Crippen molar-refractivity contribution in [3.05, 3.63) is 41.2 Å². The molecule has 0 bridgehead atoms. The number of fused-ring (bicyclic) bond motifs is 2. The SMILES string of the molecule is CC(C)(C)[SiH2]OC(C)(C)[C@H]1CCCN1c1sc(-c2ccc3c(c2)ncn3C2CCCCC2)c2nc[nH]c(=O)c12. The third-order valence-electron chi connectivity index (χ3n) is 8.48. The lowest BCUT2D eigenvalue weighted by molar-refractivity contribution is 0.0814. The molecule has 0 amide bonds. The van der Waals surface area contributed by atoms with Gasteiger partial charge < -0.3 is 18.9 Å². The van der Waals surface area contributed by atoms with Crippen molar-refractivity contribution in [2.24, 2.45) is 0 Å². The third kappa shape index (κ3) is 5.09. The summed E-state index contributed by atoms with van der Waals surface area (Å²) in [5, 5.41) is 1.94. The molecule has 0 spiro atoms. The Bertz CT molecular complexity index is 1540. The van der Waals surface area contributed by atoms with E-state index in [1.165, 1.54) is 43.9 Å². The number of nitrogens with one attached hydrogen (secondary N) is 1. The molecule has 1 aliphatic heterocycles. The molecule has 1 N–H and O–H groups in total. The van der Waals surface area contributed by atoms with Crippen molar-refractivity contribution in [3.63, 3.8) is 0 Å². The van der Waals surface area contributed by atoms with Crippen LogP contribution in [0.5, 0.6) is 0 Å². The molecule has 1 atom stereocenters. The minimum absolute atomic E-state index is 0.0754. The first-order valence-electron chi connectivity index (χ1n) is 14.5. The molecule has 7 nitrogen and oxygen atoms in total. The molecule has 2 fully saturated rings. The van der Waals surface area contributed by atoms with Crippen molar-refractivity contribution in [2.75, 3.05) is 11.4 Å². The highest BCUT2D eigenvalue weighted by Crippen LogP contribution is 2.46. The summed E-state index contributed by atoms with van der Waals surface area (Å²) in [5.74, 6) is 0. The molecule has 1 saturated heterocycles. The second-order valence-electron chi connectivity index (χ2n) is 13.1. The van der Waals surface area contributed by atoms with Gasteiger partial charge >= 0.3 is 0 Å². The molecule has 9 heteroatoms. The molecule has 0 unspecified atom stereocenters. The molecule has 4 heterocycles. The number of nitrogens with zero attached hydrogens (tertiary/aromatic N) is 4. The van der Waals surface area contributed by atoms with Crippen LogP contribution in [0, 0.1) is 0 Å². The standard InChI is InChI=1S/C30H41N5O2SSi/c1-29(2,3)39-37-30(4,5)23-12-9-15-34(23)28-24-25(31-17-32-27(24)36)26(38-28)19-13-14-22-21(16-19)33-18-35(22)20-10-7-6-8-11-20/h13-14,16-18,20,23H,6-12,15,39H2,1-5H3,(H,31,32,36)/t23-/m1/s1. The Kier molecular flexibility index (Phi) is 6.96. The number of benzene rings is 1. The van der Waals surface area contributed by atoms with Gasteiger partial charge in [0.2, 0.25) is 0 Å². The number of aromatic nitrogens is 4. The lowest BCUT2D eigenvalue weighted by atomic mass is 9.95. The van der Waals surface area contributed by atoms with Crippen LogP contribution in [0.1, 0.15) is 85.6 Å². The first-order chi connectivity index (χ1) is 18.6. The Hall–Kier alpha value is -2.49. The third-order valence-corrected chi connectivity index (χ3v) is 11.5. The topological polar surface area (TPSA) is 76.0 Å². The fourth-order valence-corrected chi connectivity index (χ4v) is 8.73. The van der Waals surface area contributed by atoms with Gasteiger partial charge in [0.1, 0.15) is 10.4 Å². The number of H-pyrrole nitrogens is 1. The zero-order valence-corrected chi connectivity index (χ0v) is 26.1. The second-order valence-corrected chi connectivity index (χ2v) is 16.8. The number of anilines is 1. The lowest BCUT2D eigenvalue weighted by Crippen LogP contribution is -2.49. The average Bonchev–Trinajstić information content (AvgIpc) is 3.64. The van der Waals surface area contributed by atoms with Crippen LogP contribution in [0.25, 0.3) is 32.4 Å². The number of thiophene rings is 1. The molecule has 4 aromatic rings. The van der Waals surface area contributed by atoms with Crippen LogP contribution in [0.2, 0.25) is 5.04 Å². The van der Waals surface area contributed by atoms with Gasteiger partial charge in [0.25, 0.3) is 5.56 Å². The molecule has 1 aromatic carbocycles. The fraction of sp³-hybridized carbons (Fsp3) is 0.567. The predicted octanol–water partition coefficient (Wildman–Crippen LogP) is 6.57. The van der Waals surface area contributed by atoms with Crippen molar-refractivity contribution in [3.8, 4) is 10.4 Å². The smallest absolute Gasteiger partial charge is 0.261 e. The van der Waals surface area contributed by atoms with Gasteiger partial charge in [0, 0.05) is 12.6 Å². The summed E-state index contributed by atoms with van der Waals surface area (Å²) >= 11 is 1.69. The van der Waals surface area contributed by atoms with Crippen LogP contribution < -0.4 is 10.5 Å². The number of rotatable bonds is 6. The maximum atomic E-state index is 13.2. The van der Waals surface area contributed by atoms with Gasteiger partial charge in [-0.25, -0.2) is 9.97 Å². The van der Waals surface area contributed by atoms with E-state index in [2.05, 4.69) is 67.3 Å². The summed E-state index contributed by atoms with van der Waals surface area (Å²) in [4.78, 5) is 29.1. The monoisotopic (exact) mass is 563 g/mol. The maximum Gasteiger partial charge on any atom is 0.261 e. The van der Waals surface area contributed by atoms with E-state index >= 15 is 0 Å². The molecule has 1 aliphatic carbocycles. The zero-order valence-electron chi connectivity index (χ0n) is 23.9. The maximum absolute atomic E-state index is 13.2. The summed E-state index contributed by atoms with van der Waals surface area (Å²) in [5.41, 5.74) is 3.69. The number of aromatic amines is 1. The number of hydrogen-bond donors (Lipinski definition) is 1. The minimum Gasteiger partial charge on any atom is -0.416 e. The highest BCUT2D eigenvalue weighted by atomic mass is 32.1. The number of imidazole rings is 1. The second kappa shape index (κ2) is 10.2. The van der Waals surface area contributed by atoms with Crippen LogP contribution in [0.4, 0.5) is 5.00 Å². The van der Waals surface area contributed by atoms with E-state index in [0.29, 0.717) is 11.4 Å². The van der Waals surface area contributed by atoms with E-state index in [0.717, 1.165) is 45.9 Å². The van der Waals surface area contributed by atoms with Crippen LogP contribution in [-0.4, -0.2) is 47.5 Å². The summed E-state index contributed by atoms with van der Waals surface area (Å²) in [6.45, 7) is 12.2. The van der Waals surface area contributed by atoms with Gasteiger partial charge in [-0.1, -0.05) is 46.1 Å². The van der Waals surface area contributed by atoms with Crippen LogP contribution >= 0.6 is 11.3 Å². The van der Waals surface area contributed by atoms with Gasteiger partial charge in [-0.2, -0.15) is 0 Å². The number of hydrogen-bond acceptors (Lipinski definition) is 6. The van der Waals surface area contributed by atoms with E-state index < -0.39 is 9.76 Å². The van der Waals surface area contributed by atoms with Crippen LogP contribution in [-0.2, 0) is 4.43 Å². The quantitative estimate of drug-likeness (QED) is 0.269. The van der Waals surface area contributed by atoms with E-state index in [1.807, 2.05) is 6.33 Å². The Morgan fingerprint density at radius 1 is 1.05 bits per heavy atom. The van der Waals surface area contributed by atoms with Gasteiger partial charge in [-0.15, -0.1) is 11.3 Å². The van der Waals surface area contributed by atoms with Crippen LogP contribution in [0.15, 0.2) is 35.6 Å². The molecule has 6 rings (SSSR count). The van der Waals surface area contributed by atoms with E-state index in [1.54, 1.807) is 11.3 Å². The van der Waals surface area contributed by atoms with Crippen molar-refractivity contribution in [1.82, 2.24) is 19.5 Å². The average molecular weight is 564 g/mol. The Morgan fingerprint density at radius 3 is 2.62 bits per heavy atom. The Labute approximate surface area is 236 Å². The molecular weight excluding hydrogens is 523 g/mol. The minimum atomic E-state index is -0.715. The largest absolute Gasteiger partial charge is 0.416 e. The zero-order chi connectivity index (χ0) is 27.4. The Balaban J connectivity index is 1.39. The summed E-state index contributed by atoms with van der Waals surface area (Å²) in [6.07, 6.45) is 12.1. The normalized spacial score (nSPS) is 19.8. The van der Waals surface area contributed by atoms with Gasteiger partial charge in [0.15, 0.2) is 9.76 Å². The van der Waals surface area contributed by atoms with E-state index in [-0.39, 0.29) is 22.2 Å². The molecule has 2 aliphatic rings. The first-order valence-corrected chi connectivity index (χ1v) is 16.6. The first kappa shape index (κ1) is 26.7. The van der Waals surface area contributed by atoms with Crippen molar-refractivity contribution >= 4 is 48.0 Å². The highest BCUT2D eigenvalue weighted by Gasteiger charge is 2.40. The summed E-state index contributed by atoms with van der Waals surface area (Å²) in [6, 6.07) is 7.33. The van der Waals surface area contributed by atoms with Crippen LogP contribution in [0.3, 0.4) is 0 Å². The van der Waals surface area contributed by atoms with Crippen molar-refractivity contribution < 1.29 is 4.43 Å². The molecule has 39 heavy (non-hydrogen) atoms. The summed E-state index contributed by atoms with van der Waals surface area (Å²) in [7, 11) is -0.715. The van der Waals surface area contributed by atoms with Gasteiger partial charge in [-0.05, 0) is 62.3 Å². The molecule has 208 valence electrons. The predicted molar refractivity (Wildman–Crippen MR) is 165 cm³/mol. The lowest BCUT2D eigenvalue weighted by Gasteiger charge is -2.40. The van der Waals surface area contributed by atoms with Crippen molar-refractivity contribution in [1.29, 1.82) is 0 Å². The van der Waals surface area contributed by atoms with E-state index in [9.17, 15) is 4.79 Å². The fourth-order valence-electron chi connectivity index (χ4n) is 6.42. The Morgan fingerprint density at radius 2 is 1.85 bits per heavy atom. The molecule has 3 aromatic heterocycles. The summed E-state index contributed by atoms with van der Waals surface area (Å²) < 4.78 is 9.03. The highest BCUT2D eigenvalue weighted by molar-refractivity contribution is 7.21. The van der Waals surface area contributed by atoms with E-state index in [4.69, 9.17) is 14.4 Å².